The molecule has 0 bridgehead atoms. The highest BCUT2D eigenvalue weighted by atomic mass is 19.1. The second kappa shape index (κ2) is 5.61. The topological polar surface area (TPSA) is 29.3 Å². The van der Waals surface area contributed by atoms with Gasteiger partial charge in [-0.2, -0.15) is 0 Å². The maximum Gasteiger partial charge on any atom is 0.127 e. The second-order valence-corrected chi connectivity index (χ2v) is 4.84. The minimum atomic E-state index is -0.0702. The Kier molecular flexibility index (Phi) is 4.13. The Labute approximate surface area is 103 Å². The Balaban J connectivity index is 2.07. The molecular formula is C14H21FN2. The number of nitrogens with zero attached hydrogens (tertiary/aromatic N) is 1. The lowest BCUT2D eigenvalue weighted by molar-refractivity contribution is 0.203. The summed E-state index contributed by atoms with van der Waals surface area (Å²) in [5.41, 5.74) is 7.87. The van der Waals surface area contributed by atoms with Gasteiger partial charge in [0.05, 0.1) is 0 Å². The minimum Gasteiger partial charge on any atom is -0.328 e. The fraction of sp³-hybridized carbons (Fsp3) is 0.571. The Morgan fingerprint density at radius 3 is 2.71 bits per heavy atom. The highest BCUT2D eigenvalue weighted by Gasteiger charge is 2.18. The van der Waals surface area contributed by atoms with E-state index in [2.05, 4.69) is 11.8 Å². The molecule has 0 aliphatic carbocycles. The molecule has 0 spiro atoms. The van der Waals surface area contributed by atoms with Gasteiger partial charge in [0.15, 0.2) is 0 Å². The molecular weight excluding hydrogens is 215 g/mol. The molecule has 1 aliphatic rings. The van der Waals surface area contributed by atoms with Crippen LogP contribution in [0.3, 0.4) is 0 Å². The van der Waals surface area contributed by atoms with Crippen LogP contribution in [0.15, 0.2) is 18.2 Å². The van der Waals surface area contributed by atoms with Crippen LogP contribution in [-0.4, -0.2) is 24.0 Å². The zero-order chi connectivity index (χ0) is 12.3. The van der Waals surface area contributed by atoms with E-state index in [1.54, 1.807) is 12.1 Å². The molecule has 1 aromatic rings. The van der Waals surface area contributed by atoms with E-state index in [0.29, 0.717) is 6.04 Å². The molecule has 0 unspecified atom stereocenters. The van der Waals surface area contributed by atoms with Gasteiger partial charge < -0.3 is 5.73 Å². The van der Waals surface area contributed by atoms with Gasteiger partial charge in [-0.3, -0.25) is 4.90 Å². The van der Waals surface area contributed by atoms with Crippen LogP contribution in [0.2, 0.25) is 0 Å². The number of benzene rings is 1. The molecule has 1 fully saturated rings. The molecule has 3 heteroatoms. The number of likely N-dealkylation sites (tertiary alicyclic amines) is 1. The number of rotatable bonds is 3. The third kappa shape index (κ3) is 3.05. The van der Waals surface area contributed by atoms with Crippen molar-refractivity contribution in [2.24, 2.45) is 5.73 Å². The molecule has 94 valence electrons. The van der Waals surface area contributed by atoms with Crippen LogP contribution in [0, 0.1) is 5.82 Å². The highest BCUT2D eigenvalue weighted by Crippen LogP contribution is 2.19. The van der Waals surface area contributed by atoms with E-state index in [1.165, 1.54) is 0 Å². The van der Waals surface area contributed by atoms with E-state index < -0.39 is 0 Å². The van der Waals surface area contributed by atoms with Gasteiger partial charge in [0, 0.05) is 18.2 Å². The van der Waals surface area contributed by atoms with E-state index in [0.717, 1.165) is 50.0 Å². The molecule has 0 radical (unpaired) electrons. The van der Waals surface area contributed by atoms with Gasteiger partial charge >= 0.3 is 0 Å². The fourth-order valence-electron chi connectivity index (χ4n) is 2.45. The van der Waals surface area contributed by atoms with Gasteiger partial charge in [-0.05, 0) is 44.0 Å². The van der Waals surface area contributed by atoms with Crippen molar-refractivity contribution in [2.75, 3.05) is 13.1 Å². The number of aryl methyl sites for hydroxylation is 1. The molecule has 0 aromatic heterocycles. The van der Waals surface area contributed by atoms with Gasteiger partial charge in [0.1, 0.15) is 5.82 Å². The number of piperidine rings is 1. The Hall–Kier alpha value is -0.930. The first-order valence-electron chi connectivity index (χ1n) is 6.45. The third-order valence-electron chi connectivity index (χ3n) is 3.61. The first-order valence-corrected chi connectivity index (χ1v) is 6.45. The summed E-state index contributed by atoms with van der Waals surface area (Å²) in [5, 5.41) is 0. The number of hydrogen-bond donors (Lipinski definition) is 1. The molecule has 1 heterocycles. The van der Waals surface area contributed by atoms with Crippen molar-refractivity contribution in [1.29, 1.82) is 0 Å². The van der Waals surface area contributed by atoms with Gasteiger partial charge in [-0.25, -0.2) is 4.39 Å². The first-order chi connectivity index (χ1) is 8.20. The average Bonchev–Trinajstić information content (AvgIpc) is 2.34. The van der Waals surface area contributed by atoms with E-state index >= 15 is 0 Å². The van der Waals surface area contributed by atoms with Gasteiger partial charge in [0.25, 0.3) is 0 Å². The third-order valence-corrected chi connectivity index (χ3v) is 3.61. The normalized spacial score (nSPS) is 18.5. The predicted molar refractivity (Wildman–Crippen MR) is 68.3 cm³/mol. The Morgan fingerprint density at radius 1 is 1.35 bits per heavy atom. The summed E-state index contributed by atoms with van der Waals surface area (Å²) in [6.45, 7) is 4.77. The molecule has 0 saturated carbocycles. The lowest BCUT2D eigenvalue weighted by Gasteiger charge is -2.30. The quantitative estimate of drug-likeness (QED) is 0.872. The average molecular weight is 236 g/mol. The fourth-order valence-corrected chi connectivity index (χ4v) is 2.45. The van der Waals surface area contributed by atoms with Crippen molar-refractivity contribution >= 4 is 0 Å². The Morgan fingerprint density at radius 2 is 2.06 bits per heavy atom. The highest BCUT2D eigenvalue weighted by molar-refractivity contribution is 5.28. The van der Waals surface area contributed by atoms with Crippen LogP contribution in [0.4, 0.5) is 4.39 Å². The van der Waals surface area contributed by atoms with Gasteiger partial charge in [0.2, 0.25) is 0 Å². The predicted octanol–water partition coefficient (Wildman–Crippen LogP) is 2.31. The zero-order valence-corrected chi connectivity index (χ0v) is 10.5. The molecule has 1 saturated heterocycles. The van der Waals surface area contributed by atoms with Crippen LogP contribution in [0.5, 0.6) is 0 Å². The molecule has 1 aromatic carbocycles. The van der Waals surface area contributed by atoms with E-state index in [-0.39, 0.29) is 5.82 Å². The molecule has 2 rings (SSSR count). The summed E-state index contributed by atoms with van der Waals surface area (Å²) in [6.07, 6.45) is 2.94. The van der Waals surface area contributed by atoms with Crippen LogP contribution in [-0.2, 0) is 13.0 Å². The minimum absolute atomic E-state index is 0.0702. The van der Waals surface area contributed by atoms with E-state index in [9.17, 15) is 4.39 Å². The molecule has 17 heavy (non-hydrogen) atoms. The van der Waals surface area contributed by atoms with Crippen molar-refractivity contribution in [3.05, 3.63) is 35.1 Å². The lowest BCUT2D eigenvalue weighted by atomic mass is 10.0. The second-order valence-electron chi connectivity index (χ2n) is 4.84. The summed E-state index contributed by atoms with van der Waals surface area (Å²) < 4.78 is 13.8. The molecule has 2 nitrogen and oxygen atoms in total. The largest absolute Gasteiger partial charge is 0.328 e. The maximum atomic E-state index is 13.8. The van der Waals surface area contributed by atoms with Crippen molar-refractivity contribution in [1.82, 2.24) is 4.90 Å². The SMILES string of the molecule is CCc1cccc(F)c1CN1CCC(N)CC1. The smallest absolute Gasteiger partial charge is 0.127 e. The van der Waals surface area contributed by atoms with E-state index in [4.69, 9.17) is 5.73 Å². The number of nitrogens with two attached hydrogens (primary N) is 1. The van der Waals surface area contributed by atoms with Crippen molar-refractivity contribution in [2.45, 2.75) is 38.8 Å². The van der Waals surface area contributed by atoms with Crippen LogP contribution in [0.1, 0.15) is 30.9 Å². The van der Waals surface area contributed by atoms with Crippen LogP contribution < -0.4 is 5.73 Å². The summed E-state index contributed by atoms with van der Waals surface area (Å²) in [4.78, 5) is 2.31. The Bertz CT molecular complexity index is 370. The lowest BCUT2D eigenvalue weighted by Crippen LogP contribution is -2.39. The summed E-state index contributed by atoms with van der Waals surface area (Å²) in [6, 6.07) is 5.71. The van der Waals surface area contributed by atoms with Crippen LogP contribution >= 0.6 is 0 Å². The molecule has 2 N–H and O–H groups in total. The summed E-state index contributed by atoms with van der Waals surface area (Å²) in [5.74, 6) is -0.0702. The van der Waals surface area contributed by atoms with E-state index in [1.807, 2.05) is 6.07 Å². The summed E-state index contributed by atoms with van der Waals surface area (Å²) in [7, 11) is 0. The summed E-state index contributed by atoms with van der Waals surface area (Å²) >= 11 is 0. The van der Waals surface area contributed by atoms with Gasteiger partial charge in [-0.1, -0.05) is 19.1 Å². The van der Waals surface area contributed by atoms with Crippen molar-refractivity contribution in [3.63, 3.8) is 0 Å². The maximum absolute atomic E-state index is 13.8. The van der Waals surface area contributed by atoms with Crippen molar-refractivity contribution < 1.29 is 4.39 Å². The molecule has 0 atom stereocenters. The van der Waals surface area contributed by atoms with Crippen LogP contribution in [0.25, 0.3) is 0 Å². The molecule has 1 aliphatic heterocycles. The van der Waals surface area contributed by atoms with Gasteiger partial charge in [-0.15, -0.1) is 0 Å². The standard InChI is InChI=1S/C14H21FN2/c1-2-11-4-3-5-14(15)13(11)10-17-8-6-12(16)7-9-17/h3-5,12H,2,6-10,16H2,1H3. The number of halogens is 1. The number of hydrogen-bond acceptors (Lipinski definition) is 2. The first kappa shape index (κ1) is 12.5. The zero-order valence-electron chi connectivity index (χ0n) is 10.5. The monoisotopic (exact) mass is 236 g/mol. The van der Waals surface area contributed by atoms with Crippen molar-refractivity contribution in [3.8, 4) is 0 Å². The molecule has 0 amide bonds.